The summed E-state index contributed by atoms with van der Waals surface area (Å²) in [5.74, 6) is 0. The number of hydrogen-bond donors (Lipinski definition) is 2. The van der Waals surface area contributed by atoms with Crippen molar-refractivity contribution in [2.75, 3.05) is 6.54 Å². The fourth-order valence-electron chi connectivity index (χ4n) is 1.38. The summed E-state index contributed by atoms with van der Waals surface area (Å²) < 4.78 is 0. The number of thioether (sulfide) groups is 1. The molecule has 0 amide bonds. The smallest absolute Gasteiger partial charge is 0.0636 e. The van der Waals surface area contributed by atoms with Gasteiger partial charge in [0.2, 0.25) is 0 Å². The van der Waals surface area contributed by atoms with Crippen LogP contribution in [0.2, 0.25) is 0 Å². The average Bonchev–Trinajstić information content (AvgIpc) is 2.19. The molecular weight excluding hydrogens is 218 g/mol. The number of aliphatic hydroxyl groups is 1. The average molecular weight is 239 g/mol. The molecule has 0 fully saturated rings. The Morgan fingerprint density at radius 1 is 1.19 bits per heavy atom. The lowest BCUT2D eigenvalue weighted by Crippen LogP contribution is -2.23. The molecule has 0 radical (unpaired) electrons. The van der Waals surface area contributed by atoms with Crippen LogP contribution in [0.15, 0.2) is 29.2 Å². The highest BCUT2D eigenvalue weighted by molar-refractivity contribution is 7.99. The van der Waals surface area contributed by atoms with E-state index in [2.05, 4.69) is 43.4 Å². The van der Waals surface area contributed by atoms with Gasteiger partial charge in [0.05, 0.1) is 6.10 Å². The Bertz CT molecular complexity index is 295. The molecule has 1 unspecified atom stereocenters. The predicted octanol–water partition coefficient (Wildman–Crippen LogP) is 2.66. The Kier molecular flexibility index (Phi) is 5.88. The van der Waals surface area contributed by atoms with Crippen molar-refractivity contribution in [2.24, 2.45) is 0 Å². The van der Waals surface area contributed by atoms with E-state index in [1.807, 2.05) is 11.8 Å². The van der Waals surface area contributed by atoms with Gasteiger partial charge >= 0.3 is 0 Å². The van der Waals surface area contributed by atoms with Crippen LogP contribution in [0.5, 0.6) is 0 Å². The van der Waals surface area contributed by atoms with E-state index >= 15 is 0 Å². The van der Waals surface area contributed by atoms with Crippen LogP contribution in [-0.2, 0) is 6.54 Å². The van der Waals surface area contributed by atoms with Crippen LogP contribution in [0.3, 0.4) is 0 Å². The zero-order valence-electron chi connectivity index (χ0n) is 10.2. The predicted molar refractivity (Wildman–Crippen MR) is 70.8 cm³/mol. The van der Waals surface area contributed by atoms with E-state index in [0.717, 1.165) is 6.54 Å². The van der Waals surface area contributed by atoms with Gasteiger partial charge in [0.25, 0.3) is 0 Å². The lowest BCUT2D eigenvalue weighted by molar-refractivity contribution is 0.191. The summed E-state index contributed by atoms with van der Waals surface area (Å²) in [6, 6.07) is 8.59. The summed E-state index contributed by atoms with van der Waals surface area (Å²) in [6.07, 6.45) is -0.282. The summed E-state index contributed by atoms with van der Waals surface area (Å²) >= 11 is 1.88. The first-order chi connectivity index (χ1) is 7.58. The number of hydrogen-bond acceptors (Lipinski definition) is 3. The molecule has 0 saturated carbocycles. The zero-order valence-corrected chi connectivity index (χ0v) is 11.1. The molecule has 1 aromatic carbocycles. The molecule has 1 atom stereocenters. The van der Waals surface area contributed by atoms with Gasteiger partial charge in [-0.1, -0.05) is 26.0 Å². The van der Waals surface area contributed by atoms with Crippen LogP contribution < -0.4 is 5.32 Å². The summed E-state index contributed by atoms with van der Waals surface area (Å²) in [5, 5.41) is 12.9. The van der Waals surface area contributed by atoms with E-state index in [4.69, 9.17) is 5.11 Å². The van der Waals surface area contributed by atoms with Crippen molar-refractivity contribution < 1.29 is 5.11 Å². The third kappa shape index (κ3) is 5.54. The number of benzene rings is 1. The molecule has 0 bridgehead atoms. The van der Waals surface area contributed by atoms with Gasteiger partial charge in [0, 0.05) is 23.2 Å². The van der Waals surface area contributed by atoms with Crippen molar-refractivity contribution >= 4 is 11.8 Å². The third-order valence-corrected chi connectivity index (χ3v) is 3.08. The van der Waals surface area contributed by atoms with E-state index in [1.54, 1.807) is 6.92 Å². The summed E-state index contributed by atoms with van der Waals surface area (Å²) in [6.45, 7) is 7.64. The number of nitrogens with one attached hydrogen (secondary N) is 1. The highest BCUT2D eigenvalue weighted by atomic mass is 32.2. The minimum absolute atomic E-state index is 0.282. The minimum Gasteiger partial charge on any atom is -0.392 e. The quantitative estimate of drug-likeness (QED) is 0.749. The van der Waals surface area contributed by atoms with Gasteiger partial charge in [-0.05, 0) is 24.6 Å². The van der Waals surface area contributed by atoms with E-state index < -0.39 is 0 Å². The van der Waals surface area contributed by atoms with Gasteiger partial charge < -0.3 is 10.4 Å². The standard InChI is InChI=1S/C13H21NOS/c1-10(2)16-13-6-4-12(5-7-13)9-14-8-11(3)15/h4-7,10-11,14-15H,8-9H2,1-3H3. The zero-order chi connectivity index (χ0) is 12.0. The van der Waals surface area contributed by atoms with Crippen molar-refractivity contribution in [2.45, 2.75) is 43.6 Å². The van der Waals surface area contributed by atoms with Crippen molar-refractivity contribution in [3.05, 3.63) is 29.8 Å². The molecule has 0 heterocycles. The van der Waals surface area contributed by atoms with Crippen LogP contribution in [0.1, 0.15) is 26.3 Å². The monoisotopic (exact) mass is 239 g/mol. The molecule has 0 saturated heterocycles. The van der Waals surface area contributed by atoms with Gasteiger partial charge in [-0.25, -0.2) is 0 Å². The highest BCUT2D eigenvalue weighted by Gasteiger charge is 1.99. The second-order valence-electron chi connectivity index (χ2n) is 4.29. The van der Waals surface area contributed by atoms with Crippen molar-refractivity contribution in [3.63, 3.8) is 0 Å². The second-order valence-corrected chi connectivity index (χ2v) is 5.94. The van der Waals surface area contributed by atoms with Gasteiger partial charge in [0.15, 0.2) is 0 Å². The minimum atomic E-state index is -0.282. The van der Waals surface area contributed by atoms with Crippen LogP contribution >= 0.6 is 11.8 Å². The van der Waals surface area contributed by atoms with Crippen LogP contribution in [-0.4, -0.2) is 23.0 Å². The molecule has 1 aromatic rings. The van der Waals surface area contributed by atoms with Crippen molar-refractivity contribution in [1.82, 2.24) is 5.32 Å². The van der Waals surface area contributed by atoms with E-state index in [-0.39, 0.29) is 6.10 Å². The summed E-state index contributed by atoms with van der Waals surface area (Å²) in [4.78, 5) is 1.31. The van der Waals surface area contributed by atoms with Gasteiger partial charge in [0.1, 0.15) is 0 Å². The van der Waals surface area contributed by atoms with Gasteiger partial charge in [-0.15, -0.1) is 11.8 Å². The molecular formula is C13H21NOS. The van der Waals surface area contributed by atoms with Crippen LogP contribution in [0.4, 0.5) is 0 Å². The highest BCUT2D eigenvalue weighted by Crippen LogP contribution is 2.22. The number of aliphatic hydroxyl groups excluding tert-OH is 1. The molecule has 0 spiro atoms. The SMILES string of the molecule is CC(O)CNCc1ccc(SC(C)C)cc1. The van der Waals surface area contributed by atoms with Gasteiger partial charge in [-0.2, -0.15) is 0 Å². The van der Waals surface area contributed by atoms with E-state index in [9.17, 15) is 0 Å². The van der Waals surface area contributed by atoms with Crippen molar-refractivity contribution in [1.29, 1.82) is 0 Å². The fraction of sp³-hybridized carbons (Fsp3) is 0.538. The van der Waals surface area contributed by atoms with E-state index in [1.165, 1.54) is 10.5 Å². The molecule has 0 aliphatic rings. The Hall–Kier alpha value is -0.510. The molecule has 1 rings (SSSR count). The molecule has 90 valence electrons. The molecule has 0 aliphatic heterocycles. The first kappa shape index (κ1) is 13.6. The molecule has 3 heteroatoms. The summed E-state index contributed by atoms with van der Waals surface area (Å²) in [7, 11) is 0. The normalized spacial score (nSPS) is 13.1. The topological polar surface area (TPSA) is 32.3 Å². The molecule has 2 nitrogen and oxygen atoms in total. The van der Waals surface area contributed by atoms with Crippen molar-refractivity contribution in [3.8, 4) is 0 Å². The first-order valence-corrected chi connectivity index (χ1v) is 6.60. The van der Waals surface area contributed by atoms with Crippen LogP contribution in [0, 0.1) is 0 Å². The summed E-state index contributed by atoms with van der Waals surface area (Å²) in [5.41, 5.74) is 1.26. The molecule has 0 aromatic heterocycles. The maximum atomic E-state index is 9.11. The lowest BCUT2D eigenvalue weighted by atomic mass is 10.2. The Labute approximate surface area is 102 Å². The lowest BCUT2D eigenvalue weighted by Gasteiger charge is -2.08. The largest absolute Gasteiger partial charge is 0.392 e. The Morgan fingerprint density at radius 3 is 2.31 bits per heavy atom. The second kappa shape index (κ2) is 6.94. The molecule has 16 heavy (non-hydrogen) atoms. The molecule has 0 aliphatic carbocycles. The Morgan fingerprint density at radius 2 is 1.81 bits per heavy atom. The fourth-order valence-corrected chi connectivity index (χ4v) is 2.22. The maximum Gasteiger partial charge on any atom is 0.0636 e. The maximum absolute atomic E-state index is 9.11. The molecule has 2 N–H and O–H groups in total. The van der Waals surface area contributed by atoms with E-state index in [0.29, 0.717) is 11.8 Å². The first-order valence-electron chi connectivity index (χ1n) is 5.72. The Balaban J connectivity index is 2.39. The third-order valence-electron chi connectivity index (χ3n) is 2.06. The van der Waals surface area contributed by atoms with Crippen LogP contribution in [0.25, 0.3) is 0 Å². The van der Waals surface area contributed by atoms with Gasteiger partial charge in [-0.3, -0.25) is 0 Å². The number of rotatable bonds is 6.